The number of carbonyl (C=O) groups is 1. The van der Waals surface area contributed by atoms with E-state index in [1.54, 1.807) is 18.2 Å². The van der Waals surface area contributed by atoms with Gasteiger partial charge in [-0.15, -0.1) is 0 Å². The van der Waals surface area contributed by atoms with E-state index in [9.17, 15) is 9.18 Å². The summed E-state index contributed by atoms with van der Waals surface area (Å²) in [6.45, 7) is 0.459. The number of para-hydroxylation sites is 1. The summed E-state index contributed by atoms with van der Waals surface area (Å²) in [4.78, 5) is 11.6. The number of hydrogen-bond donors (Lipinski definition) is 1. The van der Waals surface area contributed by atoms with Crippen LogP contribution in [0.1, 0.15) is 23.4 Å². The molecular weight excluding hydrogens is 209 g/mol. The summed E-state index contributed by atoms with van der Waals surface area (Å²) in [6.07, 6.45) is 0.941. The first kappa shape index (κ1) is 10.8. The van der Waals surface area contributed by atoms with E-state index < -0.39 is 5.82 Å². The minimum Gasteiger partial charge on any atom is -0.450 e. The molecule has 16 heavy (non-hydrogen) atoms. The Morgan fingerprint density at radius 3 is 2.94 bits per heavy atom. The third-order valence-corrected chi connectivity index (χ3v) is 2.38. The van der Waals surface area contributed by atoms with Crippen LogP contribution in [-0.2, 0) is 0 Å². The normalized spacial score (nSPS) is 10.9. The molecule has 0 radical (unpaired) electrons. The second kappa shape index (κ2) is 4.45. The molecule has 1 aromatic heterocycles. The molecular formula is C12H12FNO2. The number of Topliss-reactive ketones (excluding diaryl/α,β-unsaturated/α-hetero) is 1. The van der Waals surface area contributed by atoms with Gasteiger partial charge in [-0.05, 0) is 25.1 Å². The molecule has 1 aromatic carbocycles. The van der Waals surface area contributed by atoms with E-state index >= 15 is 0 Å². The molecule has 0 fully saturated rings. The molecule has 0 aliphatic heterocycles. The Morgan fingerprint density at radius 1 is 1.44 bits per heavy atom. The summed E-state index contributed by atoms with van der Waals surface area (Å²) >= 11 is 0. The standard InChI is InChI=1S/C12H12FNO2/c13-9-4-1-3-8-7-11(16-12(8)9)10(15)5-2-6-14/h1,3-4,7H,2,5-6,14H2. The molecule has 1 heterocycles. The maximum absolute atomic E-state index is 13.3. The molecule has 0 unspecified atom stereocenters. The minimum absolute atomic E-state index is 0.138. The zero-order chi connectivity index (χ0) is 11.5. The van der Waals surface area contributed by atoms with Crippen LogP contribution in [0.4, 0.5) is 4.39 Å². The first-order valence-electron chi connectivity index (χ1n) is 5.13. The van der Waals surface area contributed by atoms with Gasteiger partial charge in [-0.3, -0.25) is 4.79 Å². The lowest BCUT2D eigenvalue weighted by molar-refractivity contribution is 0.0956. The largest absolute Gasteiger partial charge is 0.450 e. The van der Waals surface area contributed by atoms with E-state index in [-0.39, 0.29) is 17.1 Å². The molecule has 4 heteroatoms. The van der Waals surface area contributed by atoms with Crippen molar-refractivity contribution in [3.05, 3.63) is 35.8 Å². The van der Waals surface area contributed by atoms with Gasteiger partial charge < -0.3 is 10.2 Å². The third-order valence-electron chi connectivity index (χ3n) is 2.38. The number of carbonyl (C=O) groups excluding carboxylic acids is 1. The summed E-state index contributed by atoms with van der Waals surface area (Å²) in [5, 5.41) is 0.607. The van der Waals surface area contributed by atoms with Gasteiger partial charge in [-0.2, -0.15) is 0 Å². The summed E-state index contributed by atoms with van der Waals surface area (Å²) in [5.74, 6) is -0.384. The molecule has 0 bridgehead atoms. The van der Waals surface area contributed by atoms with Crippen molar-refractivity contribution in [2.75, 3.05) is 6.54 Å². The van der Waals surface area contributed by atoms with Gasteiger partial charge in [0.25, 0.3) is 0 Å². The monoisotopic (exact) mass is 221 g/mol. The Bertz CT molecular complexity index is 519. The Morgan fingerprint density at radius 2 is 2.25 bits per heavy atom. The van der Waals surface area contributed by atoms with Crippen molar-refractivity contribution in [1.29, 1.82) is 0 Å². The summed E-state index contributed by atoms with van der Waals surface area (Å²) in [5.41, 5.74) is 5.45. The van der Waals surface area contributed by atoms with Gasteiger partial charge in [-0.1, -0.05) is 12.1 Å². The lowest BCUT2D eigenvalue weighted by Gasteiger charge is -1.94. The molecule has 2 rings (SSSR count). The van der Waals surface area contributed by atoms with Crippen molar-refractivity contribution in [2.45, 2.75) is 12.8 Å². The van der Waals surface area contributed by atoms with Gasteiger partial charge in [0.05, 0.1) is 0 Å². The Balaban J connectivity index is 2.32. The van der Waals surface area contributed by atoms with Gasteiger partial charge in [-0.25, -0.2) is 4.39 Å². The topological polar surface area (TPSA) is 56.2 Å². The van der Waals surface area contributed by atoms with Crippen LogP contribution in [0.25, 0.3) is 11.0 Å². The van der Waals surface area contributed by atoms with E-state index in [1.165, 1.54) is 6.07 Å². The Kier molecular flexibility index (Phi) is 3.01. The second-order valence-electron chi connectivity index (χ2n) is 3.58. The lowest BCUT2D eigenvalue weighted by atomic mass is 10.1. The number of nitrogens with two attached hydrogens (primary N) is 1. The quantitative estimate of drug-likeness (QED) is 0.807. The summed E-state index contributed by atoms with van der Waals surface area (Å²) in [6, 6.07) is 6.17. The fraction of sp³-hybridized carbons (Fsp3) is 0.250. The maximum Gasteiger partial charge on any atom is 0.198 e. The maximum atomic E-state index is 13.3. The van der Waals surface area contributed by atoms with E-state index in [0.717, 1.165) is 0 Å². The number of halogens is 1. The summed E-state index contributed by atoms with van der Waals surface area (Å²) in [7, 11) is 0. The zero-order valence-electron chi connectivity index (χ0n) is 8.70. The summed E-state index contributed by atoms with van der Waals surface area (Å²) < 4.78 is 18.5. The molecule has 0 atom stereocenters. The molecule has 84 valence electrons. The predicted molar refractivity (Wildman–Crippen MR) is 58.8 cm³/mol. The Hall–Kier alpha value is -1.68. The fourth-order valence-electron chi connectivity index (χ4n) is 1.55. The van der Waals surface area contributed by atoms with Crippen LogP contribution in [0, 0.1) is 5.82 Å². The lowest BCUT2D eigenvalue weighted by Crippen LogP contribution is -2.03. The molecule has 0 aliphatic carbocycles. The molecule has 3 nitrogen and oxygen atoms in total. The molecule has 0 amide bonds. The van der Waals surface area contributed by atoms with E-state index in [0.29, 0.717) is 24.8 Å². The number of benzene rings is 1. The van der Waals surface area contributed by atoms with E-state index in [1.807, 2.05) is 0 Å². The van der Waals surface area contributed by atoms with Gasteiger partial charge in [0.15, 0.2) is 22.9 Å². The molecule has 2 aromatic rings. The van der Waals surface area contributed by atoms with Crippen LogP contribution < -0.4 is 5.73 Å². The van der Waals surface area contributed by atoms with Crippen LogP contribution in [-0.4, -0.2) is 12.3 Å². The molecule has 0 saturated carbocycles. The highest BCUT2D eigenvalue weighted by Crippen LogP contribution is 2.22. The fourth-order valence-corrected chi connectivity index (χ4v) is 1.55. The average molecular weight is 221 g/mol. The number of rotatable bonds is 4. The first-order valence-corrected chi connectivity index (χ1v) is 5.13. The number of fused-ring (bicyclic) bond motifs is 1. The minimum atomic E-state index is -0.449. The van der Waals surface area contributed by atoms with Gasteiger partial charge >= 0.3 is 0 Å². The highest BCUT2D eigenvalue weighted by Gasteiger charge is 2.13. The number of hydrogen-bond acceptors (Lipinski definition) is 3. The molecule has 0 aliphatic rings. The number of ketones is 1. The average Bonchev–Trinajstić information content (AvgIpc) is 2.71. The van der Waals surface area contributed by atoms with Crippen LogP contribution in [0.3, 0.4) is 0 Å². The van der Waals surface area contributed by atoms with Gasteiger partial charge in [0.2, 0.25) is 0 Å². The van der Waals surface area contributed by atoms with Crippen molar-refractivity contribution < 1.29 is 13.6 Å². The molecule has 0 spiro atoms. The zero-order valence-corrected chi connectivity index (χ0v) is 8.70. The van der Waals surface area contributed by atoms with Crippen LogP contribution >= 0.6 is 0 Å². The first-order chi connectivity index (χ1) is 7.72. The van der Waals surface area contributed by atoms with E-state index in [2.05, 4.69) is 0 Å². The number of furan rings is 1. The molecule has 0 saturated heterocycles. The predicted octanol–water partition coefficient (Wildman–Crippen LogP) is 2.49. The molecule has 2 N–H and O–H groups in total. The Labute approximate surface area is 92.0 Å². The van der Waals surface area contributed by atoms with Gasteiger partial charge in [0, 0.05) is 11.8 Å². The van der Waals surface area contributed by atoms with Crippen molar-refractivity contribution in [3.63, 3.8) is 0 Å². The van der Waals surface area contributed by atoms with Crippen molar-refractivity contribution in [1.82, 2.24) is 0 Å². The third kappa shape index (κ3) is 1.97. The smallest absolute Gasteiger partial charge is 0.198 e. The highest BCUT2D eigenvalue weighted by molar-refractivity contribution is 5.97. The van der Waals surface area contributed by atoms with E-state index in [4.69, 9.17) is 10.2 Å². The van der Waals surface area contributed by atoms with Crippen LogP contribution in [0.15, 0.2) is 28.7 Å². The highest BCUT2D eigenvalue weighted by atomic mass is 19.1. The SMILES string of the molecule is NCCCC(=O)c1cc2cccc(F)c2o1. The van der Waals surface area contributed by atoms with Gasteiger partial charge in [0.1, 0.15) is 0 Å². The van der Waals surface area contributed by atoms with Crippen molar-refractivity contribution >= 4 is 16.8 Å². The van der Waals surface area contributed by atoms with Crippen molar-refractivity contribution in [3.8, 4) is 0 Å². The van der Waals surface area contributed by atoms with Crippen LogP contribution in [0.2, 0.25) is 0 Å². The second-order valence-corrected chi connectivity index (χ2v) is 3.58. The van der Waals surface area contributed by atoms with Crippen molar-refractivity contribution in [2.24, 2.45) is 5.73 Å². The van der Waals surface area contributed by atoms with Crippen LogP contribution in [0.5, 0.6) is 0 Å².